The molecule has 0 aliphatic carbocycles. The zero-order valence-electron chi connectivity index (χ0n) is 7.50. The standard InChI is InChI=1S/C10H12N2O/c1-7-5-3-4-6-9(7)8(2)13-10(11)12/h3-6H,2H2,1H3,(H3,11,12). The fraction of sp³-hybridized carbons (Fsp3) is 0.100. The van der Waals surface area contributed by atoms with Gasteiger partial charge in [-0.15, -0.1) is 0 Å². The lowest BCUT2D eigenvalue weighted by atomic mass is 10.1. The number of hydrogen-bond donors (Lipinski definition) is 2. The predicted molar refractivity (Wildman–Crippen MR) is 53.2 cm³/mol. The zero-order chi connectivity index (χ0) is 9.84. The second kappa shape index (κ2) is 3.76. The smallest absolute Gasteiger partial charge is 0.284 e. The zero-order valence-corrected chi connectivity index (χ0v) is 7.50. The fourth-order valence-electron chi connectivity index (χ4n) is 1.07. The molecule has 0 fully saturated rings. The van der Waals surface area contributed by atoms with Gasteiger partial charge in [-0.3, -0.25) is 5.41 Å². The van der Waals surface area contributed by atoms with Gasteiger partial charge in [0, 0.05) is 5.56 Å². The lowest BCUT2D eigenvalue weighted by Crippen LogP contribution is -2.13. The van der Waals surface area contributed by atoms with Crippen molar-refractivity contribution in [2.24, 2.45) is 5.73 Å². The highest BCUT2D eigenvalue weighted by atomic mass is 16.5. The number of aryl methyl sites for hydroxylation is 1. The Morgan fingerprint density at radius 2 is 2.08 bits per heavy atom. The third-order valence-electron chi connectivity index (χ3n) is 1.68. The molecule has 3 N–H and O–H groups in total. The molecule has 0 atom stereocenters. The van der Waals surface area contributed by atoms with Gasteiger partial charge in [-0.2, -0.15) is 0 Å². The molecule has 0 saturated heterocycles. The maximum absolute atomic E-state index is 6.94. The van der Waals surface area contributed by atoms with Crippen LogP contribution in [0.1, 0.15) is 11.1 Å². The lowest BCUT2D eigenvalue weighted by molar-refractivity contribution is 0.495. The van der Waals surface area contributed by atoms with Crippen molar-refractivity contribution in [3.63, 3.8) is 0 Å². The van der Waals surface area contributed by atoms with Crippen molar-refractivity contribution in [2.75, 3.05) is 0 Å². The fourth-order valence-corrected chi connectivity index (χ4v) is 1.07. The van der Waals surface area contributed by atoms with Crippen molar-refractivity contribution in [3.05, 3.63) is 42.0 Å². The van der Waals surface area contributed by atoms with Crippen LogP contribution in [0.15, 0.2) is 30.8 Å². The number of benzene rings is 1. The van der Waals surface area contributed by atoms with E-state index in [-0.39, 0.29) is 6.02 Å². The second-order valence-electron chi connectivity index (χ2n) is 2.70. The first-order chi connectivity index (χ1) is 6.11. The Hall–Kier alpha value is -1.77. The predicted octanol–water partition coefficient (Wildman–Crippen LogP) is 1.88. The van der Waals surface area contributed by atoms with E-state index in [9.17, 15) is 0 Å². The van der Waals surface area contributed by atoms with Gasteiger partial charge in [0.05, 0.1) is 0 Å². The summed E-state index contributed by atoms with van der Waals surface area (Å²) in [6.07, 6.45) is 0. The van der Waals surface area contributed by atoms with E-state index in [2.05, 4.69) is 6.58 Å². The number of rotatable bonds is 2. The summed E-state index contributed by atoms with van der Waals surface area (Å²) in [5, 5.41) is 6.94. The maximum Gasteiger partial charge on any atom is 0.284 e. The van der Waals surface area contributed by atoms with Crippen LogP contribution >= 0.6 is 0 Å². The van der Waals surface area contributed by atoms with Crippen LogP contribution < -0.4 is 5.73 Å². The van der Waals surface area contributed by atoms with Gasteiger partial charge in [-0.05, 0) is 12.5 Å². The summed E-state index contributed by atoms with van der Waals surface area (Å²) in [6.45, 7) is 5.63. The van der Waals surface area contributed by atoms with Crippen molar-refractivity contribution in [3.8, 4) is 0 Å². The van der Waals surface area contributed by atoms with E-state index < -0.39 is 0 Å². The number of ether oxygens (including phenoxy) is 1. The van der Waals surface area contributed by atoms with Gasteiger partial charge in [0.2, 0.25) is 0 Å². The molecule has 3 heteroatoms. The Kier molecular flexibility index (Phi) is 2.69. The molecule has 0 unspecified atom stereocenters. The maximum atomic E-state index is 6.94. The second-order valence-corrected chi connectivity index (χ2v) is 2.70. The van der Waals surface area contributed by atoms with Crippen LogP contribution in [0, 0.1) is 12.3 Å². The molecule has 0 amide bonds. The molecule has 0 heterocycles. The monoisotopic (exact) mass is 176 g/mol. The first-order valence-electron chi connectivity index (χ1n) is 3.88. The molecule has 13 heavy (non-hydrogen) atoms. The van der Waals surface area contributed by atoms with Crippen LogP contribution in [0.3, 0.4) is 0 Å². The highest BCUT2D eigenvalue weighted by Crippen LogP contribution is 2.17. The van der Waals surface area contributed by atoms with Crippen LogP contribution in [0.5, 0.6) is 0 Å². The molecule has 0 aromatic heterocycles. The van der Waals surface area contributed by atoms with Gasteiger partial charge in [0.15, 0.2) is 0 Å². The van der Waals surface area contributed by atoms with E-state index in [4.69, 9.17) is 15.9 Å². The Morgan fingerprint density at radius 1 is 1.46 bits per heavy atom. The summed E-state index contributed by atoms with van der Waals surface area (Å²) in [7, 11) is 0. The number of nitrogens with two attached hydrogens (primary N) is 1. The van der Waals surface area contributed by atoms with E-state index in [0.29, 0.717) is 5.76 Å². The van der Waals surface area contributed by atoms with E-state index >= 15 is 0 Å². The Bertz CT molecular complexity index is 345. The molecule has 0 radical (unpaired) electrons. The lowest BCUT2D eigenvalue weighted by Gasteiger charge is -2.08. The van der Waals surface area contributed by atoms with Crippen molar-refractivity contribution in [2.45, 2.75) is 6.92 Å². The van der Waals surface area contributed by atoms with Crippen molar-refractivity contribution >= 4 is 11.8 Å². The molecule has 0 bridgehead atoms. The normalized spacial score (nSPS) is 9.31. The first kappa shape index (κ1) is 9.32. The van der Waals surface area contributed by atoms with Crippen LogP contribution in [-0.4, -0.2) is 6.02 Å². The largest absolute Gasteiger partial charge is 0.426 e. The summed E-state index contributed by atoms with van der Waals surface area (Å²) >= 11 is 0. The van der Waals surface area contributed by atoms with Crippen LogP contribution in [0.4, 0.5) is 0 Å². The summed E-state index contributed by atoms with van der Waals surface area (Å²) in [6, 6.07) is 7.30. The highest BCUT2D eigenvalue weighted by molar-refractivity contribution is 5.76. The minimum atomic E-state index is -0.340. The van der Waals surface area contributed by atoms with Gasteiger partial charge in [-0.1, -0.05) is 30.8 Å². The average molecular weight is 176 g/mol. The van der Waals surface area contributed by atoms with E-state index in [1.54, 1.807) is 0 Å². The van der Waals surface area contributed by atoms with Gasteiger partial charge in [-0.25, -0.2) is 0 Å². The quantitative estimate of drug-likeness (QED) is 0.410. The SMILES string of the molecule is C=C(OC(=N)N)c1ccccc1C. The van der Waals surface area contributed by atoms with Gasteiger partial charge in [0.25, 0.3) is 6.02 Å². The Balaban J connectivity index is 2.89. The van der Waals surface area contributed by atoms with Crippen molar-refractivity contribution < 1.29 is 4.74 Å². The number of amidine groups is 1. The highest BCUT2D eigenvalue weighted by Gasteiger charge is 2.03. The Morgan fingerprint density at radius 3 is 2.62 bits per heavy atom. The average Bonchev–Trinajstić information content (AvgIpc) is 2.03. The molecule has 0 spiro atoms. The molecule has 0 aliphatic heterocycles. The number of hydrogen-bond acceptors (Lipinski definition) is 2. The van der Waals surface area contributed by atoms with Crippen molar-refractivity contribution in [1.29, 1.82) is 5.41 Å². The summed E-state index contributed by atoms with van der Waals surface area (Å²) < 4.78 is 4.88. The molecule has 1 aromatic rings. The molecular formula is C10H12N2O. The van der Waals surface area contributed by atoms with E-state index in [1.165, 1.54) is 0 Å². The minimum Gasteiger partial charge on any atom is -0.426 e. The van der Waals surface area contributed by atoms with Gasteiger partial charge < -0.3 is 10.5 Å². The van der Waals surface area contributed by atoms with Crippen molar-refractivity contribution in [1.82, 2.24) is 0 Å². The summed E-state index contributed by atoms with van der Waals surface area (Å²) in [4.78, 5) is 0. The molecule has 0 aliphatic rings. The summed E-state index contributed by atoms with van der Waals surface area (Å²) in [5.74, 6) is 0.408. The molecule has 0 saturated carbocycles. The van der Waals surface area contributed by atoms with E-state index in [1.807, 2.05) is 31.2 Å². The minimum absolute atomic E-state index is 0.340. The third kappa shape index (κ3) is 2.33. The first-order valence-corrected chi connectivity index (χ1v) is 3.88. The van der Waals surface area contributed by atoms with Crippen LogP contribution in [-0.2, 0) is 4.74 Å². The molecule has 68 valence electrons. The van der Waals surface area contributed by atoms with Crippen LogP contribution in [0.25, 0.3) is 5.76 Å². The number of nitrogens with one attached hydrogen (secondary N) is 1. The topological polar surface area (TPSA) is 59.1 Å². The van der Waals surface area contributed by atoms with Crippen LogP contribution in [0.2, 0.25) is 0 Å². The van der Waals surface area contributed by atoms with Gasteiger partial charge in [0.1, 0.15) is 5.76 Å². The Labute approximate surface area is 77.3 Å². The molecule has 1 rings (SSSR count). The van der Waals surface area contributed by atoms with Gasteiger partial charge >= 0.3 is 0 Å². The summed E-state index contributed by atoms with van der Waals surface area (Å²) in [5.41, 5.74) is 7.00. The molecule has 1 aromatic carbocycles. The molecule has 3 nitrogen and oxygen atoms in total. The molecular weight excluding hydrogens is 164 g/mol. The van der Waals surface area contributed by atoms with E-state index in [0.717, 1.165) is 11.1 Å². The third-order valence-corrected chi connectivity index (χ3v) is 1.68.